The third-order valence-corrected chi connectivity index (χ3v) is 4.41. The molecule has 0 spiro atoms. The molecule has 25 heavy (non-hydrogen) atoms. The van der Waals surface area contributed by atoms with Crippen LogP contribution in [0.25, 0.3) is 0 Å². The van der Waals surface area contributed by atoms with Crippen LogP contribution >= 0.6 is 11.6 Å². The molecule has 0 atom stereocenters. The Bertz CT molecular complexity index is 682. The smallest absolute Gasteiger partial charge is 0.226 e. The molecular formula is C21H27ClN2O. The molecule has 2 aromatic rings. The molecule has 2 aromatic carbocycles. The molecule has 0 unspecified atom stereocenters. The van der Waals surface area contributed by atoms with Gasteiger partial charge in [-0.2, -0.15) is 0 Å². The highest BCUT2D eigenvalue weighted by molar-refractivity contribution is 6.30. The van der Waals surface area contributed by atoms with Crippen LogP contribution in [0.15, 0.2) is 42.5 Å². The van der Waals surface area contributed by atoms with Crippen LogP contribution in [0.5, 0.6) is 0 Å². The zero-order valence-electron chi connectivity index (χ0n) is 15.4. The quantitative estimate of drug-likeness (QED) is 0.634. The van der Waals surface area contributed by atoms with Crippen molar-refractivity contribution in [3.63, 3.8) is 0 Å². The van der Waals surface area contributed by atoms with Crippen molar-refractivity contribution in [1.82, 2.24) is 0 Å². The molecule has 0 aromatic heterocycles. The molecule has 0 aliphatic carbocycles. The zero-order chi connectivity index (χ0) is 18.4. The molecule has 0 heterocycles. The van der Waals surface area contributed by atoms with E-state index in [2.05, 4.69) is 56.5 Å². The van der Waals surface area contributed by atoms with Crippen molar-refractivity contribution in [2.45, 2.75) is 46.0 Å². The first kappa shape index (κ1) is 19.3. The Kier molecular flexibility index (Phi) is 6.89. The SMILES string of the molecule is CC(C)c1cccc(C(C)C)c1NC(=O)CCNc1ccc(Cl)cc1. The third-order valence-electron chi connectivity index (χ3n) is 4.16. The predicted octanol–water partition coefficient (Wildman–Crippen LogP) is 6.03. The Morgan fingerprint density at radius 2 is 1.52 bits per heavy atom. The highest BCUT2D eigenvalue weighted by Crippen LogP contribution is 2.32. The van der Waals surface area contributed by atoms with Crippen molar-refractivity contribution >= 4 is 28.9 Å². The van der Waals surface area contributed by atoms with E-state index in [0.717, 1.165) is 11.4 Å². The summed E-state index contributed by atoms with van der Waals surface area (Å²) < 4.78 is 0. The van der Waals surface area contributed by atoms with Crippen molar-refractivity contribution in [3.05, 3.63) is 58.6 Å². The molecular weight excluding hydrogens is 332 g/mol. The summed E-state index contributed by atoms with van der Waals surface area (Å²) in [5.74, 6) is 0.749. The van der Waals surface area contributed by atoms with E-state index in [1.54, 1.807) is 0 Å². The molecule has 134 valence electrons. The summed E-state index contributed by atoms with van der Waals surface area (Å²) in [6, 6.07) is 13.7. The number of anilines is 2. The molecule has 2 rings (SSSR count). The van der Waals surface area contributed by atoms with E-state index >= 15 is 0 Å². The van der Waals surface area contributed by atoms with Crippen LogP contribution < -0.4 is 10.6 Å². The monoisotopic (exact) mass is 358 g/mol. The number of carbonyl (C=O) groups is 1. The van der Waals surface area contributed by atoms with E-state index in [4.69, 9.17) is 11.6 Å². The van der Waals surface area contributed by atoms with E-state index in [-0.39, 0.29) is 5.91 Å². The number of para-hydroxylation sites is 1. The standard InChI is InChI=1S/C21H27ClN2O/c1-14(2)18-6-5-7-19(15(3)4)21(18)24-20(25)12-13-23-17-10-8-16(22)9-11-17/h5-11,14-15,23H,12-13H2,1-4H3,(H,24,25). The highest BCUT2D eigenvalue weighted by Gasteiger charge is 2.15. The molecule has 0 saturated carbocycles. The van der Waals surface area contributed by atoms with E-state index in [1.165, 1.54) is 11.1 Å². The maximum absolute atomic E-state index is 12.4. The van der Waals surface area contributed by atoms with Crippen LogP contribution in [0.1, 0.15) is 57.1 Å². The molecule has 1 amide bonds. The fourth-order valence-electron chi connectivity index (χ4n) is 2.79. The molecule has 3 nitrogen and oxygen atoms in total. The third kappa shape index (κ3) is 5.50. The van der Waals surface area contributed by atoms with Crippen molar-refractivity contribution < 1.29 is 4.79 Å². The fraction of sp³-hybridized carbons (Fsp3) is 0.381. The Balaban J connectivity index is 2.01. The van der Waals surface area contributed by atoms with Crippen LogP contribution in [0.3, 0.4) is 0 Å². The van der Waals surface area contributed by atoms with Crippen LogP contribution in [-0.2, 0) is 4.79 Å². The maximum Gasteiger partial charge on any atom is 0.226 e. The van der Waals surface area contributed by atoms with Crippen LogP contribution in [0.4, 0.5) is 11.4 Å². The van der Waals surface area contributed by atoms with Gasteiger partial charge in [0.1, 0.15) is 0 Å². The number of carbonyl (C=O) groups excluding carboxylic acids is 1. The summed E-state index contributed by atoms with van der Waals surface area (Å²) in [5.41, 5.74) is 4.31. The molecule has 0 aliphatic heterocycles. The van der Waals surface area contributed by atoms with Crippen LogP contribution in [0, 0.1) is 0 Å². The second-order valence-electron chi connectivity index (χ2n) is 6.85. The first-order valence-electron chi connectivity index (χ1n) is 8.80. The van der Waals surface area contributed by atoms with Gasteiger partial charge in [0.2, 0.25) is 5.91 Å². The second kappa shape index (κ2) is 8.91. The largest absolute Gasteiger partial charge is 0.385 e. The number of amides is 1. The molecule has 0 radical (unpaired) electrons. The number of rotatable bonds is 7. The van der Waals surface area contributed by atoms with E-state index < -0.39 is 0 Å². The number of benzene rings is 2. The van der Waals surface area contributed by atoms with Crippen molar-refractivity contribution in [2.24, 2.45) is 0 Å². The van der Waals surface area contributed by atoms with E-state index in [9.17, 15) is 4.79 Å². The Morgan fingerprint density at radius 1 is 0.960 bits per heavy atom. The highest BCUT2D eigenvalue weighted by atomic mass is 35.5. The lowest BCUT2D eigenvalue weighted by molar-refractivity contribution is -0.115. The number of nitrogens with one attached hydrogen (secondary N) is 2. The minimum Gasteiger partial charge on any atom is -0.385 e. The van der Waals surface area contributed by atoms with E-state index in [1.807, 2.05) is 24.3 Å². The normalized spacial score (nSPS) is 11.0. The van der Waals surface area contributed by atoms with Gasteiger partial charge in [-0.15, -0.1) is 0 Å². The molecule has 0 aliphatic rings. The average Bonchev–Trinajstić information content (AvgIpc) is 2.56. The van der Waals surface area contributed by atoms with Gasteiger partial charge in [-0.3, -0.25) is 4.79 Å². The lowest BCUT2D eigenvalue weighted by Crippen LogP contribution is -2.18. The van der Waals surface area contributed by atoms with Gasteiger partial charge in [0.25, 0.3) is 0 Å². The van der Waals surface area contributed by atoms with Crippen molar-refractivity contribution in [3.8, 4) is 0 Å². The summed E-state index contributed by atoms with van der Waals surface area (Å²) in [5, 5.41) is 7.08. The lowest BCUT2D eigenvalue weighted by Gasteiger charge is -2.20. The Hall–Kier alpha value is -2.00. The maximum atomic E-state index is 12.4. The van der Waals surface area contributed by atoms with Crippen LogP contribution in [-0.4, -0.2) is 12.5 Å². The first-order valence-corrected chi connectivity index (χ1v) is 9.18. The summed E-state index contributed by atoms with van der Waals surface area (Å²) in [6.07, 6.45) is 0.409. The van der Waals surface area contributed by atoms with Gasteiger partial charge in [-0.05, 0) is 47.2 Å². The number of halogens is 1. The number of hydrogen-bond donors (Lipinski definition) is 2. The molecule has 4 heteroatoms. The average molecular weight is 359 g/mol. The van der Waals surface area contributed by atoms with E-state index in [0.29, 0.717) is 29.8 Å². The molecule has 2 N–H and O–H groups in total. The Labute approximate surface area is 155 Å². The predicted molar refractivity (Wildman–Crippen MR) is 108 cm³/mol. The van der Waals surface area contributed by atoms with Crippen molar-refractivity contribution in [1.29, 1.82) is 0 Å². The summed E-state index contributed by atoms with van der Waals surface area (Å²) >= 11 is 5.88. The number of hydrogen-bond acceptors (Lipinski definition) is 2. The van der Waals surface area contributed by atoms with Gasteiger partial charge in [0.15, 0.2) is 0 Å². The lowest BCUT2D eigenvalue weighted by atomic mass is 9.92. The molecule has 0 fully saturated rings. The van der Waals surface area contributed by atoms with Gasteiger partial charge in [0.05, 0.1) is 0 Å². The first-order chi connectivity index (χ1) is 11.9. The van der Waals surface area contributed by atoms with Gasteiger partial charge >= 0.3 is 0 Å². The molecule has 0 bridgehead atoms. The summed E-state index contributed by atoms with van der Waals surface area (Å²) in [6.45, 7) is 9.18. The Morgan fingerprint density at radius 3 is 2.04 bits per heavy atom. The summed E-state index contributed by atoms with van der Waals surface area (Å²) in [4.78, 5) is 12.4. The summed E-state index contributed by atoms with van der Waals surface area (Å²) in [7, 11) is 0. The van der Waals surface area contributed by atoms with Crippen LogP contribution in [0.2, 0.25) is 5.02 Å². The molecule has 0 saturated heterocycles. The van der Waals surface area contributed by atoms with Crippen molar-refractivity contribution in [2.75, 3.05) is 17.2 Å². The van der Waals surface area contributed by atoms with Gasteiger partial charge in [0, 0.05) is 29.4 Å². The second-order valence-corrected chi connectivity index (χ2v) is 7.29. The van der Waals surface area contributed by atoms with Gasteiger partial charge in [-0.25, -0.2) is 0 Å². The van der Waals surface area contributed by atoms with Gasteiger partial charge in [-0.1, -0.05) is 57.5 Å². The minimum absolute atomic E-state index is 0.0245. The zero-order valence-corrected chi connectivity index (χ0v) is 16.2. The van der Waals surface area contributed by atoms with Gasteiger partial charge < -0.3 is 10.6 Å². The minimum atomic E-state index is 0.0245. The topological polar surface area (TPSA) is 41.1 Å². The fourth-order valence-corrected chi connectivity index (χ4v) is 2.91.